The number of amides is 15. The Bertz CT molecular complexity index is 4110. The Morgan fingerprint density at radius 1 is 0.478 bits per heavy atom. The minimum absolute atomic E-state index is 0.00327. The predicted molar refractivity (Wildman–Crippen MR) is 395 cm³/mol. The molecule has 0 spiro atoms. The zero-order valence-electron chi connectivity index (χ0n) is 62.0. The van der Waals surface area contributed by atoms with E-state index in [0.717, 1.165) is 39.0 Å². The average Bonchev–Trinajstić information content (AvgIpc) is 1.70. The van der Waals surface area contributed by atoms with Gasteiger partial charge in [0.2, 0.25) is 88.6 Å². The lowest BCUT2D eigenvalue weighted by molar-refractivity contribution is -0.142. The molecular weight excluding hydrogens is 1490 g/mol. The van der Waals surface area contributed by atoms with Crippen LogP contribution in [0, 0.1) is 0 Å². The number of carbonyl (C=O) groups excluding carboxylic acids is 15. The van der Waals surface area contributed by atoms with Gasteiger partial charge in [0.05, 0.1) is 45.4 Å². The second kappa shape index (κ2) is 46.1. The van der Waals surface area contributed by atoms with E-state index in [1.807, 2.05) is 10.6 Å². The number of nitrogens with one attached hydrogen (secondary N) is 16. The number of primary amides is 1. The molecule has 0 saturated carbocycles. The van der Waals surface area contributed by atoms with E-state index in [9.17, 15) is 117 Å². The molecule has 2 aromatic carbocycles. The maximum atomic E-state index is 14.8. The number of carboxylic acids is 4. The van der Waals surface area contributed by atoms with Crippen LogP contribution in [-0.4, -0.2) is 247 Å². The maximum absolute atomic E-state index is 14.8. The monoisotopic (exact) mass is 1590 g/mol. The number of nitrogens with two attached hydrogens (primary N) is 2. The summed E-state index contributed by atoms with van der Waals surface area (Å²) in [5, 5.41) is 82.0. The van der Waals surface area contributed by atoms with E-state index in [4.69, 9.17) is 11.5 Å². The lowest BCUT2D eigenvalue weighted by Gasteiger charge is -2.27. The fourth-order valence-electron chi connectivity index (χ4n) is 11.8. The van der Waals surface area contributed by atoms with Crippen molar-refractivity contribution in [2.24, 2.45) is 11.5 Å². The highest BCUT2D eigenvalue weighted by Crippen LogP contribution is 2.22. The zero-order valence-corrected chi connectivity index (χ0v) is 62.0. The summed E-state index contributed by atoms with van der Waals surface area (Å²) in [6.07, 6.45) is 1.73. The van der Waals surface area contributed by atoms with Gasteiger partial charge in [0.15, 0.2) is 0 Å². The molecule has 3 heterocycles. The molecule has 4 aromatic rings. The van der Waals surface area contributed by atoms with Gasteiger partial charge in [-0.3, -0.25) is 91.1 Å². The normalized spacial score (nSPS) is 20.5. The average molecular weight is 1590 g/mol. The van der Waals surface area contributed by atoms with Crippen LogP contribution in [0.4, 0.5) is 0 Å². The molecule has 42 nitrogen and oxygen atoms in total. The number of aromatic nitrogens is 2. The van der Waals surface area contributed by atoms with Gasteiger partial charge in [-0.05, 0) is 62.4 Å². The number of carboxylic acid groups (broad SMARTS) is 4. The van der Waals surface area contributed by atoms with Gasteiger partial charge in [-0.2, -0.15) is 0 Å². The summed E-state index contributed by atoms with van der Waals surface area (Å²) in [5.74, 6) is -25.6. The molecule has 42 heteroatoms. The molecule has 113 heavy (non-hydrogen) atoms. The van der Waals surface area contributed by atoms with Crippen molar-refractivity contribution in [2.45, 2.75) is 196 Å². The Morgan fingerprint density at radius 2 is 0.965 bits per heavy atom. The minimum Gasteiger partial charge on any atom is -0.481 e. The van der Waals surface area contributed by atoms with Crippen LogP contribution in [0.2, 0.25) is 0 Å². The maximum Gasteiger partial charge on any atom is 0.305 e. The fraction of sp³-hybridized carbons (Fsp3) is 0.507. The third-order valence-corrected chi connectivity index (χ3v) is 17.7. The SMILES string of the molecule is CCCCCCCCCC(=O)N[C@@H](Cc1c[nH]c2ccccc12)C(=O)N[C@H](CC(N)=O)C(=O)N[C@@H](CC(=O)O)C(=O)N[C@H]1CNC(=O)[C@H](Cc2c[nH]c3ccccc23)NC(=O)[C@H](CCC(=O)O)NC(=O)[C@@H](CO)NC(=O)CNC(=O)[C@H](CC(=O)O)NC(=O)[C@@H](C)NC(=O)[C@H](CC(=O)O)NC(=O)[C@H](CCCN)NC(=O)CNC1=O. The Kier molecular flexibility index (Phi) is 37.1. The topological polar surface area (TPSA) is 678 Å². The molecule has 2 aromatic heterocycles. The summed E-state index contributed by atoms with van der Waals surface area (Å²) >= 11 is 0. The Hall–Kier alpha value is -12.6. The third kappa shape index (κ3) is 31.0. The van der Waals surface area contributed by atoms with Crippen LogP contribution in [0.5, 0.6) is 0 Å². The second-order valence-electron chi connectivity index (χ2n) is 26.7. The van der Waals surface area contributed by atoms with Crippen molar-refractivity contribution in [3.8, 4) is 0 Å². The molecule has 0 unspecified atom stereocenters. The number of H-pyrrole nitrogens is 2. The standard InChI is InChI=1S/C71H98N18O24/c1-3-4-5-6-7-8-9-20-54(92)81-46(25-38-31-75-42-18-13-11-16-40(38)42)68(110)86-47(26-53(73)91)69(111)88-50(29-60(101)102)70(112)89-51-32-76-62(104)45(24-37-30-74-41-17-12-10-15-39(37)41)85-66(108)44(21-22-57(95)96)83-71(113)52(35-90)82-56(94)34-77-63(105)48(27-58(97)98)84-61(103)36(2)79-67(109)49(28-59(99)100)87-65(107)43(19-14-23-72)80-55(93)33-78-64(51)106/h10-13,15-18,30-31,36,43-52,74-75,90H,3-9,14,19-29,32-35,72H2,1-2H3,(H2,73,91)(H,76,104)(H,77,105)(H,78,106)(H,79,109)(H,80,93)(H,81,92)(H,82,94)(H,83,113)(H,84,103)(H,85,108)(H,86,110)(H,87,107)(H,88,111)(H,89,112)(H,95,96)(H,97,98)(H,99,100)(H,101,102)/t36-,43+,44+,45+,46+,47-,48+,49+,50+,51+,52-/m1/s1. The fourth-order valence-corrected chi connectivity index (χ4v) is 11.8. The molecule has 5 rings (SSSR count). The molecule has 25 N–H and O–H groups in total. The van der Waals surface area contributed by atoms with E-state index in [2.05, 4.69) is 80.7 Å². The number of para-hydroxylation sites is 2. The van der Waals surface area contributed by atoms with Crippen molar-refractivity contribution in [1.29, 1.82) is 0 Å². The highest BCUT2D eigenvalue weighted by atomic mass is 16.4. The van der Waals surface area contributed by atoms with E-state index in [1.165, 1.54) is 6.20 Å². The van der Waals surface area contributed by atoms with Gasteiger partial charge in [0.25, 0.3) is 0 Å². The third-order valence-electron chi connectivity index (χ3n) is 17.7. The molecule has 11 atom stereocenters. The minimum atomic E-state index is -2.29. The lowest BCUT2D eigenvalue weighted by atomic mass is 10.0. The molecule has 616 valence electrons. The largest absolute Gasteiger partial charge is 0.481 e. The van der Waals surface area contributed by atoms with Crippen molar-refractivity contribution in [2.75, 3.05) is 32.8 Å². The first kappa shape index (κ1) is 91.0. The van der Waals surface area contributed by atoms with E-state index in [0.29, 0.717) is 45.8 Å². The Balaban J connectivity index is 1.56. The highest BCUT2D eigenvalue weighted by Gasteiger charge is 2.38. The van der Waals surface area contributed by atoms with Gasteiger partial charge in [-0.1, -0.05) is 81.8 Å². The molecule has 1 fully saturated rings. The van der Waals surface area contributed by atoms with Crippen LogP contribution in [-0.2, 0) is 104 Å². The highest BCUT2D eigenvalue weighted by molar-refractivity contribution is 6.02. The van der Waals surface area contributed by atoms with Crippen molar-refractivity contribution in [1.82, 2.24) is 84.4 Å². The number of benzene rings is 2. The number of aliphatic hydroxyl groups excluding tert-OH is 1. The molecule has 0 radical (unpaired) electrons. The first-order chi connectivity index (χ1) is 53.7. The summed E-state index contributed by atoms with van der Waals surface area (Å²) in [4.78, 5) is 264. The molecule has 1 aliphatic rings. The van der Waals surface area contributed by atoms with Crippen LogP contribution < -0.4 is 85.9 Å². The number of hydrogen-bond donors (Lipinski definition) is 23. The van der Waals surface area contributed by atoms with E-state index in [-0.39, 0.29) is 32.2 Å². The Labute approximate surface area is 645 Å². The lowest BCUT2D eigenvalue weighted by Crippen LogP contribution is -2.61. The predicted octanol–water partition coefficient (Wildman–Crippen LogP) is -5.81. The summed E-state index contributed by atoms with van der Waals surface area (Å²) in [5.41, 5.74) is 13.3. The number of aromatic amines is 2. The van der Waals surface area contributed by atoms with Crippen molar-refractivity contribution >= 4 is 134 Å². The number of aliphatic hydroxyl groups is 1. The van der Waals surface area contributed by atoms with E-state index in [1.54, 1.807) is 54.7 Å². The first-order valence-electron chi connectivity index (χ1n) is 36.4. The number of rotatable bonds is 34. The number of carbonyl (C=O) groups is 19. The van der Waals surface area contributed by atoms with Gasteiger partial charge in [-0.25, -0.2) is 0 Å². The van der Waals surface area contributed by atoms with E-state index < -0.39 is 250 Å². The molecule has 1 aliphatic heterocycles. The van der Waals surface area contributed by atoms with Crippen LogP contribution in [0.15, 0.2) is 60.9 Å². The molecule has 0 bridgehead atoms. The van der Waals surface area contributed by atoms with Crippen LogP contribution >= 0.6 is 0 Å². The van der Waals surface area contributed by atoms with Crippen LogP contribution in [0.25, 0.3) is 21.8 Å². The molecule has 0 aliphatic carbocycles. The first-order valence-corrected chi connectivity index (χ1v) is 36.4. The van der Waals surface area contributed by atoms with Crippen molar-refractivity contribution < 1.29 is 117 Å². The molecular formula is C71H98N18O24. The summed E-state index contributed by atoms with van der Waals surface area (Å²) < 4.78 is 0. The van der Waals surface area contributed by atoms with Gasteiger partial charge < -0.3 is 121 Å². The van der Waals surface area contributed by atoms with E-state index >= 15 is 0 Å². The van der Waals surface area contributed by atoms with Gasteiger partial charge in [0, 0.05) is 66.4 Å². The zero-order chi connectivity index (χ0) is 83.4. The van der Waals surface area contributed by atoms with Crippen molar-refractivity contribution in [3.63, 3.8) is 0 Å². The number of hydrogen-bond acceptors (Lipinski definition) is 21. The van der Waals surface area contributed by atoms with Crippen LogP contribution in [0.1, 0.15) is 128 Å². The quantitative estimate of drug-likeness (QED) is 0.0194. The molecule has 15 amide bonds. The smallest absolute Gasteiger partial charge is 0.305 e. The van der Waals surface area contributed by atoms with Gasteiger partial charge in [0.1, 0.15) is 66.5 Å². The molecule has 1 saturated heterocycles. The summed E-state index contributed by atoms with van der Waals surface area (Å²) in [6, 6.07) is -7.86. The summed E-state index contributed by atoms with van der Waals surface area (Å²) in [6.45, 7) is -1.70. The summed E-state index contributed by atoms with van der Waals surface area (Å²) in [7, 11) is 0. The van der Waals surface area contributed by atoms with Crippen LogP contribution in [0.3, 0.4) is 0 Å². The van der Waals surface area contributed by atoms with Gasteiger partial charge in [-0.15, -0.1) is 0 Å². The Morgan fingerprint density at radius 3 is 1.54 bits per heavy atom. The number of aliphatic carboxylic acids is 4. The second-order valence-corrected chi connectivity index (χ2v) is 26.7. The number of unbranched alkanes of at least 4 members (excludes halogenated alkanes) is 6. The number of fused-ring (bicyclic) bond motifs is 2. The van der Waals surface area contributed by atoms with Gasteiger partial charge >= 0.3 is 23.9 Å². The van der Waals surface area contributed by atoms with Crippen molar-refractivity contribution in [3.05, 3.63) is 72.1 Å².